The third-order valence-corrected chi connectivity index (χ3v) is 10.5. The van der Waals surface area contributed by atoms with Gasteiger partial charge in [-0.3, -0.25) is 9.59 Å². The summed E-state index contributed by atoms with van der Waals surface area (Å²) in [5.74, 6) is -0.143. The minimum absolute atomic E-state index is 0.0230. The van der Waals surface area contributed by atoms with Crippen LogP contribution in [-0.4, -0.2) is 73.0 Å². The van der Waals surface area contributed by atoms with Crippen LogP contribution in [0.1, 0.15) is 55.5 Å². The summed E-state index contributed by atoms with van der Waals surface area (Å²) in [4.78, 5) is 39.3. The molecule has 260 valence electrons. The van der Waals surface area contributed by atoms with Gasteiger partial charge in [0.15, 0.2) is 5.78 Å². The number of hydrogen-bond donors (Lipinski definition) is 0. The topological polar surface area (TPSA) is 75.2 Å². The number of fused-ring (bicyclic) bond motifs is 1. The Hall–Kier alpha value is -5.51. The van der Waals surface area contributed by atoms with E-state index < -0.39 is 5.54 Å². The van der Waals surface area contributed by atoms with Crippen LogP contribution < -0.4 is 9.80 Å². The van der Waals surface area contributed by atoms with Gasteiger partial charge in [0, 0.05) is 56.1 Å². The Morgan fingerprint density at radius 3 is 2.33 bits per heavy atom. The molecule has 0 aromatic heterocycles. The number of anilines is 2. The second-order valence-electron chi connectivity index (χ2n) is 13.4. The van der Waals surface area contributed by atoms with E-state index in [9.17, 15) is 19.2 Å². The largest absolute Gasteiger partial charge is 0.370 e. The van der Waals surface area contributed by atoms with Gasteiger partial charge in [-0.1, -0.05) is 36.4 Å². The summed E-state index contributed by atoms with van der Waals surface area (Å²) in [5.41, 5.74) is 3.70. The van der Waals surface area contributed by atoms with E-state index in [-0.39, 0.29) is 23.2 Å². The van der Waals surface area contributed by atoms with Crippen molar-refractivity contribution in [3.8, 4) is 6.07 Å². The van der Waals surface area contributed by atoms with Gasteiger partial charge >= 0.3 is 0 Å². The lowest BCUT2D eigenvalue weighted by molar-refractivity contribution is -0.133. The molecule has 0 bridgehead atoms. The maximum absolute atomic E-state index is 14.4. The van der Waals surface area contributed by atoms with Crippen molar-refractivity contribution in [3.05, 3.63) is 125 Å². The number of benzene rings is 4. The molecule has 0 aliphatic carbocycles. The monoisotopic (exact) mass is 682 g/mol. The highest BCUT2D eigenvalue weighted by molar-refractivity contribution is 5.96. The Bertz CT molecular complexity index is 1990. The number of carbonyl (C=O) groups excluding carboxylic acids is 2. The van der Waals surface area contributed by atoms with Crippen molar-refractivity contribution in [2.75, 3.05) is 55.7 Å². The predicted molar refractivity (Wildman–Crippen MR) is 201 cm³/mol. The number of rotatable bonds is 12. The standard InChI is InChI=1S/C42H43FN6O2/c1-4-47(38-19-16-34-27-33(12-13-35(34)28-38)31(2)39(29-44)45-3)25-26-48-30-49(37-9-6-5-7-10-37)42(41(48)51)20-23-46(24-21-42)22-8-11-40(50)32-14-17-36(43)18-15-32/h5-7,9-10,12-19,27-28H,4,8,11,20-26,30H2,1-2H3/b39-31+. The van der Waals surface area contributed by atoms with Crippen molar-refractivity contribution >= 4 is 39.4 Å². The Labute approximate surface area is 299 Å². The number of allylic oxidation sites excluding steroid dienone is 2. The molecule has 1 amide bonds. The second-order valence-corrected chi connectivity index (χ2v) is 13.4. The van der Waals surface area contributed by atoms with Crippen LogP contribution in [0, 0.1) is 23.7 Å². The molecule has 0 N–H and O–H groups in total. The van der Waals surface area contributed by atoms with Gasteiger partial charge in [0.25, 0.3) is 5.70 Å². The fraction of sp³-hybridized carbons (Fsp3) is 0.333. The number of Topliss-reactive ketones (excluding diaryl/α,β-unsaturated/α-hetero) is 1. The number of nitriles is 1. The lowest BCUT2D eigenvalue weighted by Crippen LogP contribution is -2.56. The van der Waals surface area contributed by atoms with Crippen LogP contribution in [0.2, 0.25) is 0 Å². The molecule has 2 aliphatic heterocycles. The number of amides is 1. The number of likely N-dealkylation sites (tertiary alicyclic amines) is 1. The molecule has 4 aromatic rings. The number of ketones is 1. The summed E-state index contributed by atoms with van der Waals surface area (Å²) in [6.07, 6.45) is 2.56. The lowest BCUT2D eigenvalue weighted by atomic mass is 9.85. The Morgan fingerprint density at radius 1 is 0.961 bits per heavy atom. The molecule has 4 aromatic carbocycles. The number of piperidine rings is 1. The van der Waals surface area contributed by atoms with Crippen LogP contribution in [0.3, 0.4) is 0 Å². The van der Waals surface area contributed by atoms with Crippen molar-refractivity contribution in [2.45, 2.75) is 45.1 Å². The fourth-order valence-electron chi connectivity index (χ4n) is 7.47. The highest BCUT2D eigenvalue weighted by atomic mass is 19.1. The predicted octanol–water partition coefficient (Wildman–Crippen LogP) is 7.78. The summed E-state index contributed by atoms with van der Waals surface area (Å²) in [7, 11) is 0. The van der Waals surface area contributed by atoms with Crippen LogP contribution in [0.15, 0.2) is 96.7 Å². The quantitative estimate of drug-likeness (QED) is 0.0864. The van der Waals surface area contributed by atoms with Gasteiger partial charge in [-0.2, -0.15) is 0 Å². The summed E-state index contributed by atoms with van der Waals surface area (Å²) in [5, 5.41) is 11.4. The van der Waals surface area contributed by atoms with E-state index in [1.807, 2.05) is 47.4 Å². The van der Waals surface area contributed by atoms with E-state index in [2.05, 4.69) is 56.8 Å². The van der Waals surface area contributed by atoms with Crippen molar-refractivity contribution in [2.24, 2.45) is 0 Å². The first-order valence-corrected chi connectivity index (χ1v) is 17.7. The molecular formula is C42H43FN6O2. The number of halogens is 1. The molecular weight excluding hydrogens is 640 g/mol. The minimum Gasteiger partial charge on any atom is -0.370 e. The molecule has 0 saturated carbocycles. The van der Waals surface area contributed by atoms with E-state index in [0.717, 1.165) is 60.3 Å². The molecule has 2 aliphatic rings. The SMILES string of the molecule is [C-]#[N+]/C(C#N)=C(\C)c1ccc2cc(N(CC)CCN3CN(c4ccccc4)C4(CCN(CCCC(=O)c5ccc(F)cc5)CC4)C3=O)ccc2c1. The maximum Gasteiger partial charge on any atom is 0.265 e. The molecule has 0 atom stereocenters. The molecule has 0 unspecified atom stereocenters. The van der Waals surface area contributed by atoms with Crippen molar-refractivity contribution in [3.63, 3.8) is 0 Å². The first-order valence-electron chi connectivity index (χ1n) is 17.7. The maximum atomic E-state index is 14.4. The van der Waals surface area contributed by atoms with Crippen LogP contribution in [0.25, 0.3) is 21.2 Å². The van der Waals surface area contributed by atoms with E-state index in [1.165, 1.54) is 12.1 Å². The summed E-state index contributed by atoms with van der Waals surface area (Å²) in [6.45, 7) is 16.2. The first kappa shape index (κ1) is 35.3. The number of likely N-dealkylation sites (N-methyl/N-ethyl adjacent to an activating group) is 1. The highest BCUT2D eigenvalue weighted by Crippen LogP contribution is 2.39. The zero-order chi connectivity index (χ0) is 36.0. The molecule has 2 heterocycles. The first-order chi connectivity index (χ1) is 24.8. The van der Waals surface area contributed by atoms with E-state index in [1.54, 1.807) is 19.1 Å². The van der Waals surface area contributed by atoms with Gasteiger partial charge in [-0.15, -0.1) is 0 Å². The smallest absolute Gasteiger partial charge is 0.265 e. The van der Waals surface area contributed by atoms with Crippen molar-refractivity contribution < 1.29 is 14.0 Å². The van der Waals surface area contributed by atoms with Gasteiger partial charge in [0.2, 0.25) is 5.91 Å². The summed E-state index contributed by atoms with van der Waals surface area (Å²) >= 11 is 0. The second kappa shape index (κ2) is 15.6. The minimum atomic E-state index is -0.606. The van der Waals surface area contributed by atoms with E-state index >= 15 is 0 Å². The van der Waals surface area contributed by atoms with E-state index in [0.29, 0.717) is 50.2 Å². The van der Waals surface area contributed by atoms with Gasteiger partial charge in [0.05, 0.1) is 19.3 Å². The van der Waals surface area contributed by atoms with Gasteiger partial charge in [-0.25, -0.2) is 14.5 Å². The van der Waals surface area contributed by atoms with Gasteiger partial charge < -0.3 is 19.6 Å². The Morgan fingerprint density at radius 2 is 1.65 bits per heavy atom. The average molecular weight is 683 g/mol. The molecule has 2 fully saturated rings. The summed E-state index contributed by atoms with van der Waals surface area (Å²) in [6, 6.07) is 30.3. The van der Waals surface area contributed by atoms with E-state index in [4.69, 9.17) is 6.57 Å². The normalized spacial score (nSPS) is 16.2. The Balaban J connectivity index is 1.11. The third kappa shape index (κ3) is 7.50. The van der Waals surface area contributed by atoms with Gasteiger partial charge in [-0.05, 0) is 116 Å². The fourth-order valence-corrected chi connectivity index (χ4v) is 7.47. The Kier molecular flexibility index (Phi) is 10.8. The molecule has 2 saturated heterocycles. The zero-order valence-electron chi connectivity index (χ0n) is 29.3. The van der Waals surface area contributed by atoms with Crippen molar-refractivity contribution in [1.29, 1.82) is 5.26 Å². The number of carbonyl (C=O) groups is 2. The lowest BCUT2D eigenvalue weighted by Gasteiger charge is -2.43. The molecule has 1 spiro atoms. The molecule has 51 heavy (non-hydrogen) atoms. The van der Waals surface area contributed by atoms with Crippen LogP contribution in [0.4, 0.5) is 15.8 Å². The number of nitrogens with zero attached hydrogens (tertiary/aromatic N) is 6. The van der Waals surface area contributed by atoms with Crippen molar-refractivity contribution in [1.82, 2.24) is 9.80 Å². The summed E-state index contributed by atoms with van der Waals surface area (Å²) < 4.78 is 13.3. The third-order valence-electron chi connectivity index (χ3n) is 10.5. The number of hydrogen-bond acceptors (Lipinski definition) is 6. The molecule has 9 heteroatoms. The van der Waals surface area contributed by atoms with Crippen LogP contribution in [-0.2, 0) is 4.79 Å². The van der Waals surface area contributed by atoms with Gasteiger partial charge in [0.1, 0.15) is 11.4 Å². The molecule has 8 nitrogen and oxygen atoms in total. The molecule has 0 radical (unpaired) electrons. The van der Waals surface area contributed by atoms with Crippen LogP contribution >= 0.6 is 0 Å². The zero-order valence-corrected chi connectivity index (χ0v) is 29.3. The highest BCUT2D eigenvalue weighted by Gasteiger charge is 2.53. The van der Waals surface area contributed by atoms with Crippen LogP contribution in [0.5, 0.6) is 0 Å². The number of para-hydroxylation sites is 1. The average Bonchev–Trinajstić information content (AvgIpc) is 3.43. The molecule has 6 rings (SSSR count).